The molecule has 40 heavy (non-hydrogen) atoms. The maximum Gasteiger partial charge on any atom is 0.0494 e. The van der Waals surface area contributed by atoms with Crippen molar-refractivity contribution in [1.82, 2.24) is 0 Å². The number of nitrogens with one attached hydrogen (secondary N) is 2. The first-order valence-corrected chi connectivity index (χ1v) is 16.5. The third-order valence-electron chi connectivity index (χ3n) is 6.33. The summed E-state index contributed by atoms with van der Waals surface area (Å²) < 4.78 is 0. The summed E-state index contributed by atoms with van der Waals surface area (Å²) >= 11 is 5.39. The Morgan fingerprint density at radius 2 is 1.15 bits per heavy atom. The van der Waals surface area contributed by atoms with E-state index >= 15 is 0 Å². The van der Waals surface area contributed by atoms with Gasteiger partial charge in [0.15, 0.2) is 0 Å². The van der Waals surface area contributed by atoms with Crippen LogP contribution in [0.1, 0.15) is 10.4 Å². The van der Waals surface area contributed by atoms with E-state index in [0.29, 0.717) is 0 Å². The fraction of sp³-hybridized carbons (Fsp3) is 0.176. The van der Waals surface area contributed by atoms with Crippen LogP contribution in [0, 0.1) is 0 Å². The molecule has 5 rings (SSSR count). The summed E-state index contributed by atoms with van der Waals surface area (Å²) in [6.45, 7) is 1.71. The van der Waals surface area contributed by atoms with E-state index < -0.39 is 0 Å². The number of hydrogen-bond donors (Lipinski definition) is 2. The van der Waals surface area contributed by atoms with Crippen molar-refractivity contribution in [2.75, 3.05) is 42.1 Å². The minimum absolute atomic E-state index is 0.839. The van der Waals surface area contributed by atoms with E-state index in [2.05, 4.69) is 157 Å². The first kappa shape index (κ1) is 29.7. The SMILES string of the molecule is CSc1ccccc1NCc1ccc(-c2ccccc2)s1.CSc1ccccc1NCc1ccccc1N(C)C. The Bertz CT molecular complexity index is 1460. The molecule has 0 atom stereocenters. The van der Waals surface area contributed by atoms with Crippen LogP contribution in [0.2, 0.25) is 0 Å². The number of thioether (sulfide) groups is 2. The number of nitrogens with zero attached hydrogens (tertiary/aromatic N) is 1. The van der Waals surface area contributed by atoms with Crippen molar-refractivity contribution < 1.29 is 0 Å². The zero-order valence-corrected chi connectivity index (χ0v) is 26.0. The Kier molecular flexibility index (Phi) is 11.5. The molecule has 0 radical (unpaired) electrons. The largest absolute Gasteiger partial charge is 0.380 e. The Morgan fingerprint density at radius 1 is 0.600 bits per heavy atom. The van der Waals surface area contributed by atoms with Crippen molar-refractivity contribution in [2.24, 2.45) is 0 Å². The van der Waals surface area contributed by atoms with E-state index in [4.69, 9.17) is 0 Å². The highest BCUT2D eigenvalue weighted by Gasteiger charge is 2.06. The molecule has 1 heterocycles. The van der Waals surface area contributed by atoms with Crippen molar-refractivity contribution in [3.63, 3.8) is 0 Å². The zero-order chi connectivity index (χ0) is 28.2. The molecule has 0 fully saturated rings. The van der Waals surface area contributed by atoms with Gasteiger partial charge in [0.1, 0.15) is 0 Å². The molecule has 0 amide bonds. The number of hydrogen-bond acceptors (Lipinski definition) is 6. The zero-order valence-electron chi connectivity index (χ0n) is 23.6. The Hall–Kier alpha value is -3.32. The monoisotopic (exact) mass is 583 g/mol. The van der Waals surface area contributed by atoms with Gasteiger partial charge in [-0.15, -0.1) is 34.9 Å². The predicted molar refractivity (Wildman–Crippen MR) is 182 cm³/mol. The highest BCUT2D eigenvalue weighted by atomic mass is 32.2. The summed E-state index contributed by atoms with van der Waals surface area (Å²) in [7, 11) is 4.16. The van der Waals surface area contributed by atoms with E-state index in [-0.39, 0.29) is 0 Å². The van der Waals surface area contributed by atoms with E-state index in [0.717, 1.165) is 13.1 Å². The molecule has 0 spiro atoms. The van der Waals surface area contributed by atoms with Crippen LogP contribution < -0.4 is 15.5 Å². The molecular weight excluding hydrogens is 547 g/mol. The lowest BCUT2D eigenvalue weighted by molar-refractivity contribution is 1.06. The third-order valence-corrected chi connectivity index (χ3v) is 9.06. The Morgan fingerprint density at radius 3 is 1.77 bits per heavy atom. The topological polar surface area (TPSA) is 27.3 Å². The molecular formula is C34H37N3S3. The van der Waals surface area contributed by atoms with E-state index in [1.54, 1.807) is 23.5 Å². The average Bonchev–Trinajstić information content (AvgIpc) is 3.49. The predicted octanol–water partition coefficient (Wildman–Crippen LogP) is 9.84. The molecule has 0 saturated carbocycles. The summed E-state index contributed by atoms with van der Waals surface area (Å²) in [6, 6.07) is 40.3. The number of thiophene rings is 1. The van der Waals surface area contributed by atoms with Gasteiger partial charge >= 0.3 is 0 Å². The lowest BCUT2D eigenvalue weighted by atomic mass is 10.1. The normalized spacial score (nSPS) is 10.4. The second kappa shape index (κ2) is 15.5. The summed E-state index contributed by atoms with van der Waals surface area (Å²) in [5, 5.41) is 7.06. The molecule has 5 aromatic rings. The minimum atomic E-state index is 0.839. The fourth-order valence-corrected chi connectivity index (χ4v) is 6.38. The Labute approximate surface area is 252 Å². The van der Waals surface area contributed by atoms with Crippen molar-refractivity contribution in [2.45, 2.75) is 22.9 Å². The highest BCUT2D eigenvalue weighted by molar-refractivity contribution is 7.99. The van der Waals surface area contributed by atoms with Gasteiger partial charge in [0.2, 0.25) is 0 Å². The first-order valence-electron chi connectivity index (χ1n) is 13.2. The third kappa shape index (κ3) is 8.34. The molecule has 6 heteroatoms. The second-order valence-electron chi connectivity index (χ2n) is 9.26. The van der Waals surface area contributed by atoms with Crippen LogP contribution in [0.15, 0.2) is 125 Å². The van der Waals surface area contributed by atoms with Crippen molar-refractivity contribution >= 4 is 51.9 Å². The van der Waals surface area contributed by atoms with E-state index in [9.17, 15) is 0 Å². The van der Waals surface area contributed by atoms with Crippen LogP contribution in [0.4, 0.5) is 17.1 Å². The van der Waals surface area contributed by atoms with Gasteiger partial charge in [-0.05, 0) is 66.1 Å². The highest BCUT2D eigenvalue weighted by Crippen LogP contribution is 2.30. The van der Waals surface area contributed by atoms with Crippen LogP contribution in [0.5, 0.6) is 0 Å². The molecule has 2 N–H and O–H groups in total. The summed E-state index contributed by atoms with van der Waals surface area (Å²) in [4.78, 5) is 7.40. The van der Waals surface area contributed by atoms with Gasteiger partial charge in [-0.3, -0.25) is 0 Å². The van der Waals surface area contributed by atoms with Gasteiger partial charge in [0.05, 0.1) is 0 Å². The van der Waals surface area contributed by atoms with Crippen LogP contribution >= 0.6 is 34.9 Å². The summed E-state index contributed by atoms with van der Waals surface area (Å²) in [5.74, 6) is 0. The molecule has 0 aliphatic rings. The minimum Gasteiger partial charge on any atom is -0.380 e. The van der Waals surface area contributed by atoms with Gasteiger partial charge in [-0.1, -0.05) is 72.8 Å². The van der Waals surface area contributed by atoms with Crippen molar-refractivity contribution in [3.05, 3.63) is 126 Å². The first-order chi connectivity index (χ1) is 19.6. The van der Waals surface area contributed by atoms with E-state index in [1.807, 2.05) is 11.3 Å². The molecule has 0 bridgehead atoms. The number of rotatable bonds is 10. The van der Waals surface area contributed by atoms with E-state index in [1.165, 1.54) is 47.7 Å². The second-order valence-corrected chi connectivity index (χ2v) is 12.1. The maximum atomic E-state index is 3.53. The molecule has 3 nitrogen and oxygen atoms in total. The molecule has 1 aromatic heterocycles. The average molecular weight is 584 g/mol. The standard InChI is InChI=1S/C18H17NS2.C16H20N2S/c1-20-18-10-6-5-9-16(18)19-13-15-11-12-17(21-15)14-7-3-2-4-8-14;1-18(2)15-10-6-4-8-13(15)12-17-14-9-5-7-11-16(14)19-3/h2-12,19H,13H2,1H3;4-11,17H,12H2,1-3H3. The Balaban J connectivity index is 0.000000186. The molecule has 206 valence electrons. The molecule has 4 aromatic carbocycles. The van der Waals surface area contributed by atoms with Gasteiger partial charge in [0, 0.05) is 63.8 Å². The maximum absolute atomic E-state index is 3.53. The quantitative estimate of drug-likeness (QED) is 0.160. The van der Waals surface area contributed by atoms with Gasteiger partial charge in [-0.2, -0.15) is 0 Å². The smallest absolute Gasteiger partial charge is 0.0494 e. The summed E-state index contributed by atoms with van der Waals surface area (Å²) in [5.41, 5.74) is 6.27. The van der Waals surface area contributed by atoms with Gasteiger partial charge in [-0.25, -0.2) is 0 Å². The van der Waals surface area contributed by atoms with Gasteiger partial charge < -0.3 is 15.5 Å². The lowest BCUT2D eigenvalue weighted by Gasteiger charge is -2.18. The number of para-hydroxylation sites is 3. The fourth-order valence-electron chi connectivity index (χ4n) is 4.28. The van der Waals surface area contributed by atoms with Crippen molar-refractivity contribution in [3.8, 4) is 10.4 Å². The number of benzene rings is 4. The summed E-state index contributed by atoms with van der Waals surface area (Å²) in [6.07, 6.45) is 4.22. The van der Waals surface area contributed by atoms with Crippen LogP contribution in [-0.2, 0) is 13.1 Å². The molecule has 0 aliphatic heterocycles. The van der Waals surface area contributed by atoms with Crippen LogP contribution in [-0.4, -0.2) is 26.6 Å². The molecule has 0 aliphatic carbocycles. The lowest BCUT2D eigenvalue weighted by Crippen LogP contribution is -2.13. The number of anilines is 3. The van der Waals surface area contributed by atoms with Crippen LogP contribution in [0.3, 0.4) is 0 Å². The van der Waals surface area contributed by atoms with Crippen LogP contribution in [0.25, 0.3) is 10.4 Å². The molecule has 0 unspecified atom stereocenters. The molecule has 0 saturated heterocycles. The van der Waals surface area contributed by atoms with Crippen molar-refractivity contribution in [1.29, 1.82) is 0 Å². The van der Waals surface area contributed by atoms with Gasteiger partial charge in [0.25, 0.3) is 0 Å².